The number of imidazole rings is 1. The minimum absolute atomic E-state index is 0.0828. The van der Waals surface area contributed by atoms with Gasteiger partial charge in [0.25, 0.3) is 0 Å². The van der Waals surface area contributed by atoms with Crippen molar-refractivity contribution in [3.05, 3.63) is 17.2 Å². The Kier molecular flexibility index (Phi) is 4.78. The first-order valence-electron chi connectivity index (χ1n) is 8.13. The Bertz CT molecular complexity index is 442. The number of rotatable bonds is 5. The van der Waals surface area contributed by atoms with Crippen LogP contribution in [-0.2, 0) is 16.2 Å². The van der Waals surface area contributed by atoms with E-state index < -0.39 is 0 Å². The molecule has 0 atom stereocenters. The molecule has 0 aromatic carbocycles. The molecule has 0 aliphatic heterocycles. The third-order valence-corrected chi connectivity index (χ3v) is 5.10. The SMILES string of the molecule is CCC(C)(C)c1nc(C(C)(C)C)c(C(C)(CC)CC)[nH]1. The molecule has 0 fully saturated rings. The van der Waals surface area contributed by atoms with E-state index in [4.69, 9.17) is 4.98 Å². The lowest BCUT2D eigenvalue weighted by molar-refractivity contribution is 0.409. The second-order valence-corrected chi connectivity index (χ2v) is 8.06. The van der Waals surface area contributed by atoms with Gasteiger partial charge in [0, 0.05) is 21.9 Å². The molecule has 0 aliphatic rings. The van der Waals surface area contributed by atoms with Crippen LogP contribution in [0.25, 0.3) is 0 Å². The predicted octanol–water partition coefficient (Wildman–Crippen LogP) is 5.47. The molecule has 1 rings (SSSR count). The lowest BCUT2D eigenvalue weighted by atomic mass is 9.76. The molecule has 0 radical (unpaired) electrons. The van der Waals surface area contributed by atoms with Crippen molar-refractivity contribution in [2.75, 3.05) is 0 Å². The third kappa shape index (κ3) is 3.10. The minimum atomic E-state index is 0.0828. The highest BCUT2D eigenvalue weighted by Gasteiger charge is 2.35. The predicted molar refractivity (Wildman–Crippen MR) is 88.5 cm³/mol. The van der Waals surface area contributed by atoms with E-state index in [2.05, 4.69) is 67.3 Å². The molecule has 0 aliphatic carbocycles. The van der Waals surface area contributed by atoms with E-state index in [-0.39, 0.29) is 16.2 Å². The van der Waals surface area contributed by atoms with Crippen LogP contribution in [0.3, 0.4) is 0 Å². The van der Waals surface area contributed by atoms with Gasteiger partial charge < -0.3 is 4.98 Å². The first-order chi connectivity index (χ1) is 9.01. The van der Waals surface area contributed by atoms with Crippen LogP contribution in [-0.4, -0.2) is 9.97 Å². The van der Waals surface area contributed by atoms with E-state index in [1.54, 1.807) is 0 Å². The summed E-state index contributed by atoms with van der Waals surface area (Å²) in [6.07, 6.45) is 3.38. The van der Waals surface area contributed by atoms with Crippen molar-refractivity contribution < 1.29 is 0 Å². The van der Waals surface area contributed by atoms with E-state index in [9.17, 15) is 0 Å². The summed E-state index contributed by atoms with van der Waals surface area (Å²) >= 11 is 0. The van der Waals surface area contributed by atoms with Crippen LogP contribution in [0.4, 0.5) is 0 Å². The summed E-state index contributed by atoms with van der Waals surface area (Å²) in [6, 6.07) is 0. The molecular formula is C18H34N2. The molecule has 0 saturated carbocycles. The molecule has 0 amide bonds. The van der Waals surface area contributed by atoms with Gasteiger partial charge in [-0.3, -0.25) is 0 Å². The molecule has 0 unspecified atom stereocenters. The highest BCUT2D eigenvalue weighted by Crippen LogP contribution is 2.39. The molecule has 20 heavy (non-hydrogen) atoms. The number of nitrogens with zero attached hydrogens (tertiary/aromatic N) is 1. The van der Waals surface area contributed by atoms with Gasteiger partial charge in [-0.2, -0.15) is 0 Å². The smallest absolute Gasteiger partial charge is 0.112 e. The van der Waals surface area contributed by atoms with E-state index in [1.807, 2.05) is 0 Å². The standard InChI is InChI=1S/C18H34N2/c1-10-17(7,8)15-19-13(16(4,5)6)14(20-15)18(9,11-2)12-3/h10-12H2,1-9H3,(H,19,20). The largest absolute Gasteiger partial charge is 0.345 e. The number of aromatic amines is 1. The maximum absolute atomic E-state index is 5.03. The van der Waals surface area contributed by atoms with E-state index in [0.29, 0.717) is 0 Å². The monoisotopic (exact) mass is 278 g/mol. The fraction of sp³-hybridized carbons (Fsp3) is 0.833. The van der Waals surface area contributed by atoms with E-state index >= 15 is 0 Å². The molecule has 2 heteroatoms. The Hall–Kier alpha value is -0.790. The van der Waals surface area contributed by atoms with Gasteiger partial charge in [0.15, 0.2) is 0 Å². The van der Waals surface area contributed by atoms with Gasteiger partial charge in [-0.15, -0.1) is 0 Å². The quantitative estimate of drug-likeness (QED) is 0.760. The zero-order valence-electron chi connectivity index (χ0n) is 15.1. The topological polar surface area (TPSA) is 28.7 Å². The maximum atomic E-state index is 5.03. The van der Waals surface area contributed by atoms with Crippen molar-refractivity contribution >= 4 is 0 Å². The van der Waals surface area contributed by atoms with Gasteiger partial charge in [0.2, 0.25) is 0 Å². The molecule has 0 spiro atoms. The van der Waals surface area contributed by atoms with Crippen LogP contribution in [0.5, 0.6) is 0 Å². The van der Waals surface area contributed by atoms with Crippen LogP contribution in [0.15, 0.2) is 0 Å². The number of hydrogen-bond donors (Lipinski definition) is 1. The van der Waals surface area contributed by atoms with Gasteiger partial charge in [-0.1, -0.05) is 62.3 Å². The average molecular weight is 278 g/mol. The van der Waals surface area contributed by atoms with E-state index in [1.165, 1.54) is 11.4 Å². The normalized spacial score (nSPS) is 13.8. The Labute approximate surface area is 125 Å². The summed E-state index contributed by atoms with van der Waals surface area (Å²) in [6.45, 7) is 20.5. The van der Waals surface area contributed by atoms with Crippen molar-refractivity contribution in [3.63, 3.8) is 0 Å². The number of H-pyrrole nitrogens is 1. The highest BCUT2D eigenvalue weighted by molar-refractivity contribution is 5.31. The lowest BCUT2D eigenvalue weighted by Gasteiger charge is -2.30. The number of nitrogens with one attached hydrogen (secondary N) is 1. The van der Waals surface area contributed by atoms with Crippen molar-refractivity contribution in [2.24, 2.45) is 0 Å². The molecule has 1 heterocycles. The average Bonchev–Trinajstić information content (AvgIpc) is 2.84. The molecule has 2 nitrogen and oxygen atoms in total. The Balaban J connectivity index is 3.50. The van der Waals surface area contributed by atoms with Crippen LogP contribution in [0, 0.1) is 0 Å². The highest BCUT2D eigenvalue weighted by atomic mass is 15.0. The van der Waals surface area contributed by atoms with Crippen LogP contribution >= 0.6 is 0 Å². The van der Waals surface area contributed by atoms with Crippen molar-refractivity contribution in [1.29, 1.82) is 0 Å². The van der Waals surface area contributed by atoms with Crippen LogP contribution in [0.2, 0.25) is 0 Å². The molecule has 1 aromatic heterocycles. The lowest BCUT2D eigenvalue weighted by Crippen LogP contribution is -2.26. The van der Waals surface area contributed by atoms with Gasteiger partial charge in [0.05, 0.1) is 5.69 Å². The summed E-state index contributed by atoms with van der Waals surface area (Å²) < 4.78 is 0. The van der Waals surface area contributed by atoms with Gasteiger partial charge in [-0.25, -0.2) is 4.98 Å². The van der Waals surface area contributed by atoms with Crippen LogP contribution < -0.4 is 0 Å². The van der Waals surface area contributed by atoms with Gasteiger partial charge in [0.1, 0.15) is 5.82 Å². The summed E-state index contributed by atoms with van der Waals surface area (Å²) in [7, 11) is 0. The van der Waals surface area contributed by atoms with Gasteiger partial charge in [-0.05, 0) is 19.3 Å². The fourth-order valence-corrected chi connectivity index (χ4v) is 2.44. The first kappa shape index (κ1) is 17.3. The van der Waals surface area contributed by atoms with Crippen molar-refractivity contribution in [1.82, 2.24) is 9.97 Å². The fourth-order valence-electron chi connectivity index (χ4n) is 2.44. The third-order valence-electron chi connectivity index (χ3n) is 5.10. The number of hydrogen-bond acceptors (Lipinski definition) is 1. The van der Waals surface area contributed by atoms with Crippen LogP contribution in [0.1, 0.15) is 98.8 Å². The first-order valence-corrected chi connectivity index (χ1v) is 8.13. The Morgan fingerprint density at radius 3 is 1.70 bits per heavy atom. The second-order valence-electron chi connectivity index (χ2n) is 8.06. The summed E-state index contributed by atoms with van der Waals surface area (Å²) in [5.74, 6) is 1.15. The Morgan fingerprint density at radius 2 is 1.35 bits per heavy atom. The summed E-state index contributed by atoms with van der Waals surface area (Å²) in [5, 5.41) is 0. The van der Waals surface area contributed by atoms with Crippen molar-refractivity contribution in [2.45, 2.75) is 97.8 Å². The molecular weight excluding hydrogens is 244 g/mol. The molecule has 1 aromatic rings. The second kappa shape index (κ2) is 5.54. The summed E-state index contributed by atoms with van der Waals surface area (Å²) in [4.78, 5) is 8.74. The summed E-state index contributed by atoms with van der Waals surface area (Å²) in [5.41, 5.74) is 2.99. The zero-order valence-corrected chi connectivity index (χ0v) is 15.1. The van der Waals surface area contributed by atoms with Gasteiger partial charge >= 0.3 is 0 Å². The van der Waals surface area contributed by atoms with E-state index in [0.717, 1.165) is 25.1 Å². The van der Waals surface area contributed by atoms with Crippen molar-refractivity contribution in [3.8, 4) is 0 Å². The number of aromatic nitrogens is 2. The minimum Gasteiger partial charge on any atom is -0.345 e. The maximum Gasteiger partial charge on any atom is 0.112 e. The Morgan fingerprint density at radius 1 is 0.850 bits per heavy atom. The molecule has 116 valence electrons. The zero-order chi connectivity index (χ0) is 15.8. The molecule has 0 saturated heterocycles. The molecule has 0 bridgehead atoms. The molecule has 1 N–H and O–H groups in total.